The maximum atomic E-state index is 12.6. The maximum absolute atomic E-state index is 12.6. The molecule has 0 amide bonds. The molecule has 116 valence electrons. The summed E-state index contributed by atoms with van der Waals surface area (Å²) in [5, 5.41) is 10.6. The summed E-state index contributed by atoms with van der Waals surface area (Å²) in [6, 6.07) is 5.03. The number of H-pyrrole nitrogens is 1. The quantitative estimate of drug-likeness (QED) is 0.643. The summed E-state index contributed by atoms with van der Waals surface area (Å²) in [7, 11) is -3.80. The van der Waals surface area contributed by atoms with Gasteiger partial charge in [0.2, 0.25) is 10.0 Å². The van der Waals surface area contributed by atoms with E-state index in [2.05, 4.69) is 9.71 Å². The molecule has 0 aliphatic rings. The molecule has 0 bridgehead atoms. The van der Waals surface area contributed by atoms with Gasteiger partial charge in [-0.3, -0.25) is 0 Å². The fourth-order valence-corrected chi connectivity index (χ4v) is 3.55. The third-order valence-electron chi connectivity index (χ3n) is 3.88. The molecule has 0 spiro atoms. The van der Waals surface area contributed by atoms with Crippen molar-refractivity contribution in [1.29, 1.82) is 0 Å². The average molecular weight is 311 g/mol. The molecular formula is C14H21N3O3S. The minimum Gasteiger partial charge on any atom is -0.399 e. The molecule has 1 aromatic heterocycles. The molecule has 1 aromatic carbocycles. The predicted octanol–water partition coefficient (Wildman–Crippen LogP) is 1.58. The van der Waals surface area contributed by atoms with Gasteiger partial charge in [0, 0.05) is 22.8 Å². The van der Waals surface area contributed by atoms with Crippen LogP contribution in [0.3, 0.4) is 0 Å². The van der Waals surface area contributed by atoms with Crippen LogP contribution in [0, 0.1) is 0 Å². The Bertz CT molecular complexity index is 770. The van der Waals surface area contributed by atoms with Crippen LogP contribution in [0.15, 0.2) is 29.3 Å². The first-order valence-corrected chi connectivity index (χ1v) is 8.05. The van der Waals surface area contributed by atoms with Crippen LogP contribution < -0.4 is 10.5 Å². The summed E-state index contributed by atoms with van der Waals surface area (Å²) in [6.45, 7) is 6.38. The van der Waals surface area contributed by atoms with E-state index in [1.165, 1.54) is 6.20 Å². The number of sulfonamides is 1. The number of anilines is 1. The van der Waals surface area contributed by atoms with Crippen LogP contribution in [0.1, 0.15) is 27.7 Å². The predicted molar refractivity (Wildman–Crippen MR) is 83.4 cm³/mol. The molecule has 2 aromatic rings. The van der Waals surface area contributed by atoms with Gasteiger partial charge in [0.25, 0.3) is 0 Å². The zero-order valence-electron chi connectivity index (χ0n) is 12.6. The molecule has 1 heterocycles. The van der Waals surface area contributed by atoms with Crippen molar-refractivity contribution in [3.05, 3.63) is 24.4 Å². The van der Waals surface area contributed by atoms with Crippen LogP contribution in [0.25, 0.3) is 10.9 Å². The molecule has 0 saturated heterocycles. The van der Waals surface area contributed by atoms with Crippen molar-refractivity contribution in [2.75, 3.05) is 5.73 Å². The molecule has 0 fully saturated rings. The first-order valence-electron chi connectivity index (χ1n) is 6.57. The molecule has 0 radical (unpaired) electrons. The number of aliphatic hydroxyl groups is 1. The largest absolute Gasteiger partial charge is 0.399 e. The lowest BCUT2D eigenvalue weighted by Crippen LogP contribution is -2.57. The number of nitrogens with one attached hydrogen (secondary N) is 2. The third-order valence-corrected chi connectivity index (χ3v) is 5.57. The van der Waals surface area contributed by atoms with Crippen molar-refractivity contribution in [3.8, 4) is 0 Å². The first kappa shape index (κ1) is 15.8. The summed E-state index contributed by atoms with van der Waals surface area (Å²) < 4.78 is 27.7. The van der Waals surface area contributed by atoms with Gasteiger partial charge in [-0.2, -0.15) is 0 Å². The molecule has 0 aliphatic carbocycles. The highest BCUT2D eigenvalue weighted by Crippen LogP contribution is 2.28. The lowest BCUT2D eigenvalue weighted by Gasteiger charge is -2.37. The van der Waals surface area contributed by atoms with Gasteiger partial charge in [0.15, 0.2) is 0 Å². The Kier molecular flexibility index (Phi) is 3.56. The van der Waals surface area contributed by atoms with Gasteiger partial charge in [-0.05, 0) is 45.9 Å². The molecule has 6 nitrogen and oxygen atoms in total. The Labute approximate surface area is 124 Å². The van der Waals surface area contributed by atoms with E-state index in [1.807, 2.05) is 0 Å². The number of benzene rings is 1. The Hall–Kier alpha value is -1.57. The Morgan fingerprint density at radius 1 is 1.24 bits per heavy atom. The second-order valence-electron chi connectivity index (χ2n) is 6.25. The lowest BCUT2D eigenvalue weighted by molar-refractivity contribution is 0.00639. The Balaban J connectivity index is 2.50. The fourth-order valence-electron chi connectivity index (χ4n) is 1.85. The molecule has 0 saturated carbocycles. The highest BCUT2D eigenvalue weighted by molar-refractivity contribution is 7.89. The van der Waals surface area contributed by atoms with Crippen molar-refractivity contribution < 1.29 is 13.5 Å². The molecule has 0 aliphatic heterocycles. The number of fused-ring (bicyclic) bond motifs is 1. The van der Waals surface area contributed by atoms with Crippen LogP contribution in [0.5, 0.6) is 0 Å². The van der Waals surface area contributed by atoms with Crippen LogP contribution in [0.4, 0.5) is 5.69 Å². The van der Waals surface area contributed by atoms with Crippen molar-refractivity contribution >= 4 is 26.6 Å². The van der Waals surface area contributed by atoms with E-state index < -0.39 is 21.2 Å². The topological polar surface area (TPSA) is 108 Å². The molecular weight excluding hydrogens is 290 g/mol. The van der Waals surface area contributed by atoms with E-state index in [1.54, 1.807) is 45.9 Å². The van der Waals surface area contributed by atoms with Gasteiger partial charge >= 0.3 is 0 Å². The van der Waals surface area contributed by atoms with E-state index >= 15 is 0 Å². The molecule has 21 heavy (non-hydrogen) atoms. The highest BCUT2D eigenvalue weighted by Gasteiger charge is 2.39. The lowest BCUT2D eigenvalue weighted by atomic mass is 9.87. The minimum atomic E-state index is -3.80. The number of hydrogen-bond acceptors (Lipinski definition) is 4. The van der Waals surface area contributed by atoms with Gasteiger partial charge in [0.1, 0.15) is 4.90 Å². The van der Waals surface area contributed by atoms with E-state index in [4.69, 9.17) is 5.73 Å². The van der Waals surface area contributed by atoms with Crippen molar-refractivity contribution in [2.45, 2.75) is 43.7 Å². The van der Waals surface area contributed by atoms with Gasteiger partial charge in [-0.1, -0.05) is 0 Å². The van der Waals surface area contributed by atoms with Crippen LogP contribution in [0.2, 0.25) is 0 Å². The van der Waals surface area contributed by atoms with E-state index in [-0.39, 0.29) is 4.90 Å². The SMILES string of the molecule is CC(C)(O)C(C)(C)NS(=O)(=O)c1c[nH]c2ccc(N)cc12. The van der Waals surface area contributed by atoms with Crippen molar-refractivity contribution in [1.82, 2.24) is 9.71 Å². The van der Waals surface area contributed by atoms with Crippen LogP contribution >= 0.6 is 0 Å². The number of aromatic amines is 1. The molecule has 0 atom stereocenters. The van der Waals surface area contributed by atoms with E-state index in [0.717, 1.165) is 0 Å². The smallest absolute Gasteiger partial charge is 0.243 e. The van der Waals surface area contributed by atoms with Crippen LogP contribution in [-0.4, -0.2) is 29.6 Å². The van der Waals surface area contributed by atoms with E-state index in [0.29, 0.717) is 16.6 Å². The number of rotatable bonds is 4. The highest BCUT2D eigenvalue weighted by atomic mass is 32.2. The Morgan fingerprint density at radius 3 is 2.43 bits per heavy atom. The standard InChI is InChI=1S/C14H21N3O3S/c1-13(2,14(3,4)18)17-21(19,20)12-8-16-11-6-5-9(15)7-10(11)12/h5-8,16-18H,15H2,1-4H3. The third kappa shape index (κ3) is 2.90. The summed E-state index contributed by atoms with van der Waals surface area (Å²) in [6.07, 6.45) is 1.42. The second kappa shape index (κ2) is 4.72. The van der Waals surface area contributed by atoms with Crippen molar-refractivity contribution in [2.24, 2.45) is 0 Å². The first-order chi connectivity index (χ1) is 9.44. The number of nitrogen functional groups attached to an aromatic ring is 1. The minimum absolute atomic E-state index is 0.113. The number of aromatic nitrogens is 1. The van der Waals surface area contributed by atoms with Crippen LogP contribution in [-0.2, 0) is 10.0 Å². The second-order valence-corrected chi connectivity index (χ2v) is 7.90. The Morgan fingerprint density at radius 2 is 1.86 bits per heavy atom. The summed E-state index contributed by atoms with van der Waals surface area (Å²) in [5.41, 5.74) is 4.65. The monoisotopic (exact) mass is 311 g/mol. The molecule has 7 heteroatoms. The zero-order valence-corrected chi connectivity index (χ0v) is 13.4. The van der Waals surface area contributed by atoms with Gasteiger partial charge in [-0.15, -0.1) is 0 Å². The van der Waals surface area contributed by atoms with Gasteiger partial charge < -0.3 is 15.8 Å². The summed E-state index contributed by atoms with van der Waals surface area (Å²) >= 11 is 0. The normalized spacial score (nSPS) is 13.8. The van der Waals surface area contributed by atoms with Crippen molar-refractivity contribution in [3.63, 3.8) is 0 Å². The molecule has 0 unspecified atom stereocenters. The number of nitrogens with two attached hydrogens (primary N) is 1. The molecule has 5 N–H and O–H groups in total. The maximum Gasteiger partial charge on any atom is 0.243 e. The number of hydrogen-bond donors (Lipinski definition) is 4. The average Bonchev–Trinajstić information content (AvgIpc) is 2.69. The fraction of sp³-hybridized carbons (Fsp3) is 0.429. The molecule has 2 rings (SSSR count). The zero-order chi connectivity index (χ0) is 16.1. The van der Waals surface area contributed by atoms with Gasteiger partial charge in [-0.25, -0.2) is 13.1 Å². The summed E-state index contributed by atoms with van der Waals surface area (Å²) in [4.78, 5) is 3.02. The van der Waals surface area contributed by atoms with E-state index in [9.17, 15) is 13.5 Å². The van der Waals surface area contributed by atoms with Gasteiger partial charge in [0.05, 0.1) is 11.1 Å². The summed E-state index contributed by atoms with van der Waals surface area (Å²) in [5.74, 6) is 0.